The molecule has 0 radical (unpaired) electrons. The van der Waals surface area contributed by atoms with Crippen LogP contribution in [-0.4, -0.2) is 50.2 Å². The Bertz CT molecular complexity index is 602. The van der Waals surface area contributed by atoms with Crippen LogP contribution >= 0.6 is 0 Å². The van der Waals surface area contributed by atoms with Gasteiger partial charge in [0.2, 0.25) is 5.91 Å². The number of hydrogen-bond acceptors (Lipinski definition) is 5. The summed E-state index contributed by atoms with van der Waals surface area (Å²) in [4.78, 5) is 37.0. The van der Waals surface area contributed by atoms with E-state index in [9.17, 15) is 14.4 Å². The molecule has 0 bridgehead atoms. The smallest absolute Gasteiger partial charge is 0.409 e. The number of nitrogens with one attached hydrogen (secondary N) is 1. The van der Waals surface area contributed by atoms with E-state index in [-0.39, 0.29) is 11.8 Å². The van der Waals surface area contributed by atoms with Gasteiger partial charge in [-0.25, -0.2) is 9.59 Å². The molecular formula is C16H20N2O5. The van der Waals surface area contributed by atoms with E-state index >= 15 is 0 Å². The zero-order valence-corrected chi connectivity index (χ0v) is 13.2. The topological polar surface area (TPSA) is 84.9 Å². The van der Waals surface area contributed by atoms with Crippen molar-refractivity contribution < 1.29 is 23.9 Å². The van der Waals surface area contributed by atoms with Gasteiger partial charge in [-0.05, 0) is 31.0 Å². The van der Waals surface area contributed by atoms with Crippen molar-refractivity contribution in [2.24, 2.45) is 5.92 Å². The quantitative estimate of drug-likeness (QED) is 0.860. The van der Waals surface area contributed by atoms with E-state index in [0.717, 1.165) is 6.42 Å². The number of ether oxygens (including phenoxy) is 2. The van der Waals surface area contributed by atoms with Crippen LogP contribution in [-0.2, 0) is 14.3 Å². The van der Waals surface area contributed by atoms with E-state index in [4.69, 9.17) is 4.74 Å². The molecule has 1 aromatic rings. The first-order chi connectivity index (χ1) is 11.0. The molecule has 1 heterocycles. The number of carbonyl (C=O) groups is 3. The molecule has 124 valence electrons. The maximum Gasteiger partial charge on any atom is 0.409 e. The summed E-state index contributed by atoms with van der Waals surface area (Å²) >= 11 is 0. The maximum absolute atomic E-state index is 12.4. The molecule has 1 aromatic carbocycles. The first-order valence-corrected chi connectivity index (χ1v) is 7.37. The van der Waals surface area contributed by atoms with Gasteiger partial charge in [-0.3, -0.25) is 4.79 Å². The van der Waals surface area contributed by atoms with Crippen LogP contribution in [0.5, 0.6) is 0 Å². The fraction of sp³-hybridized carbons (Fsp3) is 0.438. The Balaban J connectivity index is 2.01. The highest BCUT2D eigenvalue weighted by Gasteiger charge is 2.28. The number of piperidine rings is 1. The van der Waals surface area contributed by atoms with E-state index < -0.39 is 12.1 Å². The summed E-state index contributed by atoms with van der Waals surface area (Å²) in [5.41, 5.74) is 0.887. The number of amides is 2. The lowest BCUT2D eigenvalue weighted by Crippen LogP contribution is -2.43. The fourth-order valence-electron chi connectivity index (χ4n) is 2.57. The van der Waals surface area contributed by atoms with Crippen molar-refractivity contribution in [1.29, 1.82) is 0 Å². The van der Waals surface area contributed by atoms with Gasteiger partial charge in [-0.1, -0.05) is 6.07 Å². The third-order valence-corrected chi connectivity index (χ3v) is 3.78. The summed E-state index contributed by atoms with van der Waals surface area (Å²) in [5, 5.41) is 2.78. The highest BCUT2D eigenvalue weighted by Crippen LogP contribution is 2.20. The number of nitrogens with zero attached hydrogens (tertiary/aromatic N) is 1. The van der Waals surface area contributed by atoms with Crippen molar-refractivity contribution in [3.63, 3.8) is 0 Å². The van der Waals surface area contributed by atoms with Gasteiger partial charge in [0, 0.05) is 18.8 Å². The van der Waals surface area contributed by atoms with Gasteiger partial charge in [0.25, 0.3) is 0 Å². The number of rotatable bonds is 3. The Labute approximate surface area is 134 Å². The molecule has 1 fully saturated rings. The molecule has 1 N–H and O–H groups in total. The summed E-state index contributed by atoms with van der Waals surface area (Å²) in [7, 11) is 2.63. The minimum absolute atomic E-state index is 0.180. The lowest BCUT2D eigenvalue weighted by atomic mass is 9.97. The third-order valence-electron chi connectivity index (χ3n) is 3.78. The van der Waals surface area contributed by atoms with Crippen LogP contribution in [0, 0.1) is 5.92 Å². The Kier molecular flexibility index (Phi) is 5.56. The van der Waals surface area contributed by atoms with Crippen LogP contribution in [0.15, 0.2) is 24.3 Å². The number of likely N-dealkylation sites (tertiary alicyclic amines) is 1. The molecule has 23 heavy (non-hydrogen) atoms. The van der Waals surface area contributed by atoms with Crippen LogP contribution in [0.1, 0.15) is 23.2 Å². The highest BCUT2D eigenvalue weighted by atomic mass is 16.5. The number of hydrogen-bond donors (Lipinski definition) is 1. The standard InChI is InChI=1S/C16H20N2O5/c1-22-15(20)11-5-3-7-13(9-11)17-14(19)12-6-4-8-18(10-12)16(21)23-2/h3,5,7,9,12H,4,6,8,10H2,1-2H3,(H,17,19). The van der Waals surface area contributed by atoms with E-state index in [1.165, 1.54) is 19.1 Å². The van der Waals surface area contributed by atoms with Crippen molar-refractivity contribution in [3.05, 3.63) is 29.8 Å². The van der Waals surface area contributed by atoms with Crippen molar-refractivity contribution in [2.75, 3.05) is 32.6 Å². The first-order valence-electron chi connectivity index (χ1n) is 7.37. The van der Waals surface area contributed by atoms with Crippen molar-refractivity contribution in [1.82, 2.24) is 4.90 Å². The summed E-state index contributed by atoms with van der Waals surface area (Å²) < 4.78 is 9.35. The van der Waals surface area contributed by atoms with Gasteiger partial charge < -0.3 is 19.7 Å². The van der Waals surface area contributed by atoms with Gasteiger partial charge in [-0.2, -0.15) is 0 Å². The second-order valence-corrected chi connectivity index (χ2v) is 5.32. The SMILES string of the molecule is COC(=O)c1cccc(NC(=O)C2CCCN(C(=O)OC)C2)c1. The minimum Gasteiger partial charge on any atom is -0.465 e. The Morgan fingerprint density at radius 2 is 2.00 bits per heavy atom. The second kappa shape index (κ2) is 7.62. The monoisotopic (exact) mass is 320 g/mol. The summed E-state index contributed by atoms with van der Waals surface area (Å²) in [5.74, 6) is -0.944. The molecule has 7 nitrogen and oxygen atoms in total. The molecule has 1 atom stereocenters. The molecule has 0 spiro atoms. The van der Waals surface area contributed by atoms with Gasteiger partial charge in [0.15, 0.2) is 0 Å². The Hall–Kier alpha value is -2.57. The Morgan fingerprint density at radius 3 is 2.70 bits per heavy atom. The maximum atomic E-state index is 12.4. The highest BCUT2D eigenvalue weighted by molar-refractivity contribution is 5.95. The van der Waals surface area contributed by atoms with Crippen LogP contribution in [0.2, 0.25) is 0 Å². The number of anilines is 1. The largest absolute Gasteiger partial charge is 0.465 e. The molecule has 0 saturated carbocycles. The molecule has 7 heteroatoms. The van der Waals surface area contributed by atoms with Gasteiger partial charge in [-0.15, -0.1) is 0 Å². The van der Waals surface area contributed by atoms with Crippen molar-refractivity contribution in [2.45, 2.75) is 12.8 Å². The molecule has 2 amide bonds. The molecule has 1 unspecified atom stereocenters. The molecule has 0 aliphatic carbocycles. The van der Waals surface area contributed by atoms with Crippen LogP contribution in [0.3, 0.4) is 0 Å². The van der Waals surface area contributed by atoms with Crippen molar-refractivity contribution in [3.8, 4) is 0 Å². The molecule has 2 rings (SSSR count). The van der Waals surface area contributed by atoms with Gasteiger partial charge in [0.05, 0.1) is 25.7 Å². The van der Waals surface area contributed by atoms with E-state index in [0.29, 0.717) is 30.8 Å². The number of carbonyl (C=O) groups excluding carboxylic acids is 3. The molecule has 0 aromatic heterocycles. The Morgan fingerprint density at radius 1 is 1.22 bits per heavy atom. The number of benzene rings is 1. The zero-order valence-electron chi connectivity index (χ0n) is 13.2. The molecule has 1 saturated heterocycles. The lowest BCUT2D eigenvalue weighted by Gasteiger charge is -2.30. The van der Waals surface area contributed by atoms with Crippen LogP contribution < -0.4 is 5.32 Å². The normalized spacial score (nSPS) is 17.3. The van der Waals surface area contributed by atoms with Gasteiger partial charge in [0.1, 0.15) is 0 Å². The molecule has 1 aliphatic rings. The second-order valence-electron chi connectivity index (χ2n) is 5.32. The predicted molar refractivity (Wildman–Crippen MR) is 83.1 cm³/mol. The predicted octanol–water partition coefficient (Wildman–Crippen LogP) is 1.89. The first kappa shape index (κ1) is 16.8. The van der Waals surface area contributed by atoms with E-state index in [1.807, 2.05) is 0 Å². The average Bonchev–Trinajstić information content (AvgIpc) is 2.60. The van der Waals surface area contributed by atoms with E-state index in [1.54, 1.807) is 24.3 Å². The average molecular weight is 320 g/mol. The lowest BCUT2D eigenvalue weighted by molar-refractivity contribution is -0.121. The fourth-order valence-corrected chi connectivity index (χ4v) is 2.57. The van der Waals surface area contributed by atoms with E-state index in [2.05, 4.69) is 10.1 Å². The summed E-state index contributed by atoms with van der Waals surface area (Å²) in [6.07, 6.45) is 1.03. The van der Waals surface area contributed by atoms with Crippen molar-refractivity contribution >= 4 is 23.7 Å². The molecular weight excluding hydrogens is 300 g/mol. The van der Waals surface area contributed by atoms with Crippen LogP contribution in [0.4, 0.5) is 10.5 Å². The van der Waals surface area contributed by atoms with Gasteiger partial charge >= 0.3 is 12.1 Å². The third kappa shape index (κ3) is 4.21. The number of methoxy groups -OCH3 is 2. The minimum atomic E-state index is -0.462. The summed E-state index contributed by atoms with van der Waals surface area (Å²) in [6, 6.07) is 6.54. The van der Waals surface area contributed by atoms with Crippen LogP contribution in [0.25, 0.3) is 0 Å². The molecule has 1 aliphatic heterocycles. The zero-order chi connectivity index (χ0) is 16.8. The number of esters is 1. The summed E-state index contributed by atoms with van der Waals surface area (Å²) in [6.45, 7) is 0.920.